The standard InChI is InChI=1S/C32H37N3O3/c1-22(2)19-31(33)38-32(34)30-21-27-28(9-5-10-29(27)37-30)36-18-6-15-35-16-13-24(14-17-35)26-12-11-23-7-3-4-8-25(23)20-26/h3-5,7-12,20-22,24,33-34H,6,13-19H2,1-2H3. The fourth-order valence-corrected chi connectivity index (χ4v) is 5.28. The van der Waals surface area contributed by atoms with E-state index in [-0.39, 0.29) is 11.8 Å². The molecule has 2 heterocycles. The van der Waals surface area contributed by atoms with Crippen LogP contribution in [0.15, 0.2) is 71.1 Å². The predicted molar refractivity (Wildman–Crippen MR) is 154 cm³/mol. The lowest BCUT2D eigenvalue weighted by Gasteiger charge is -2.32. The Morgan fingerprint density at radius 1 is 0.974 bits per heavy atom. The quantitative estimate of drug-likeness (QED) is 0.138. The molecule has 3 aromatic carbocycles. The van der Waals surface area contributed by atoms with Gasteiger partial charge in [0.15, 0.2) is 11.7 Å². The van der Waals surface area contributed by atoms with E-state index >= 15 is 0 Å². The number of furan rings is 1. The fraction of sp³-hybridized carbons (Fsp3) is 0.375. The van der Waals surface area contributed by atoms with Crippen LogP contribution in [0.25, 0.3) is 21.7 Å². The number of nitrogens with zero attached hydrogens (tertiary/aromatic N) is 1. The second-order valence-electron chi connectivity index (χ2n) is 10.7. The summed E-state index contributed by atoms with van der Waals surface area (Å²) in [5, 5.41) is 19.6. The van der Waals surface area contributed by atoms with Crippen molar-refractivity contribution in [2.45, 2.75) is 45.4 Å². The van der Waals surface area contributed by atoms with Crippen molar-refractivity contribution >= 4 is 33.5 Å². The van der Waals surface area contributed by atoms with Gasteiger partial charge < -0.3 is 18.8 Å². The van der Waals surface area contributed by atoms with E-state index in [1.807, 2.05) is 32.0 Å². The number of hydrogen-bond donors (Lipinski definition) is 2. The van der Waals surface area contributed by atoms with Crippen molar-refractivity contribution in [2.75, 3.05) is 26.2 Å². The zero-order valence-corrected chi connectivity index (χ0v) is 22.3. The molecule has 0 unspecified atom stereocenters. The predicted octanol–water partition coefficient (Wildman–Crippen LogP) is 7.60. The average molecular weight is 512 g/mol. The summed E-state index contributed by atoms with van der Waals surface area (Å²) in [6.45, 7) is 7.91. The Labute approximate surface area is 224 Å². The summed E-state index contributed by atoms with van der Waals surface area (Å²) < 4.78 is 17.3. The summed E-state index contributed by atoms with van der Waals surface area (Å²) in [4.78, 5) is 2.54. The molecule has 6 nitrogen and oxygen atoms in total. The van der Waals surface area contributed by atoms with E-state index in [9.17, 15) is 0 Å². The molecule has 198 valence electrons. The molecule has 1 saturated heterocycles. The normalized spacial score (nSPS) is 14.8. The van der Waals surface area contributed by atoms with Crippen molar-refractivity contribution in [2.24, 2.45) is 5.92 Å². The summed E-state index contributed by atoms with van der Waals surface area (Å²) in [5.41, 5.74) is 2.12. The van der Waals surface area contributed by atoms with Crippen molar-refractivity contribution < 1.29 is 13.9 Å². The number of piperidine rings is 1. The number of ether oxygens (including phenoxy) is 2. The van der Waals surface area contributed by atoms with Gasteiger partial charge in [0.2, 0.25) is 0 Å². The van der Waals surface area contributed by atoms with E-state index < -0.39 is 0 Å². The van der Waals surface area contributed by atoms with Crippen molar-refractivity contribution in [3.05, 3.63) is 78.1 Å². The van der Waals surface area contributed by atoms with E-state index in [0.717, 1.165) is 37.2 Å². The number of likely N-dealkylation sites (tertiary alicyclic amines) is 1. The van der Waals surface area contributed by atoms with E-state index in [0.29, 0.717) is 36.2 Å². The first-order chi connectivity index (χ1) is 18.5. The van der Waals surface area contributed by atoms with Gasteiger partial charge in [0, 0.05) is 19.0 Å². The second-order valence-corrected chi connectivity index (χ2v) is 10.7. The molecule has 2 N–H and O–H groups in total. The van der Waals surface area contributed by atoms with Gasteiger partial charge in [-0.3, -0.25) is 10.8 Å². The number of rotatable bonds is 9. The van der Waals surface area contributed by atoms with Crippen LogP contribution in [0.3, 0.4) is 0 Å². The largest absolute Gasteiger partial charge is 0.493 e. The number of benzene rings is 3. The molecule has 6 heteroatoms. The summed E-state index contributed by atoms with van der Waals surface area (Å²) >= 11 is 0. The molecule has 0 bridgehead atoms. The lowest BCUT2D eigenvalue weighted by Crippen LogP contribution is -2.34. The van der Waals surface area contributed by atoms with E-state index in [1.54, 1.807) is 6.07 Å². The SMILES string of the molecule is CC(C)CC(=N)OC(=N)c1cc2c(OCCCN3CCC(c4ccc5ccccc5c4)CC3)cccc2o1. The van der Waals surface area contributed by atoms with Gasteiger partial charge in [-0.2, -0.15) is 0 Å². The average Bonchev–Trinajstić information content (AvgIpc) is 3.36. The monoisotopic (exact) mass is 511 g/mol. The smallest absolute Gasteiger partial charge is 0.256 e. The third-order valence-corrected chi connectivity index (χ3v) is 7.27. The highest BCUT2D eigenvalue weighted by molar-refractivity contribution is 6.01. The van der Waals surface area contributed by atoms with Gasteiger partial charge in [-0.15, -0.1) is 0 Å². The minimum atomic E-state index is -0.148. The highest BCUT2D eigenvalue weighted by Crippen LogP contribution is 2.31. The summed E-state index contributed by atoms with van der Waals surface area (Å²) in [7, 11) is 0. The van der Waals surface area contributed by atoms with Gasteiger partial charge in [0.25, 0.3) is 5.90 Å². The van der Waals surface area contributed by atoms with Gasteiger partial charge in [-0.05, 0) is 72.7 Å². The molecule has 0 atom stereocenters. The van der Waals surface area contributed by atoms with Crippen LogP contribution in [0.2, 0.25) is 0 Å². The molecule has 5 rings (SSSR count). The molecule has 0 radical (unpaired) electrons. The van der Waals surface area contributed by atoms with Crippen LogP contribution in [0.4, 0.5) is 0 Å². The Bertz CT molecular complexity index is 1420. The lowest BCUT2D eigenvalue weighted by atomic mass is 9.88. The van der Waals surface area contributed by atoms with E-state index in [1.165, 1.54) is 29.2 Å². The molecule has 1 aromatic heterocycles. The Morgan fingerprint density at radius 3 is 2.55 bits per heavy atom. The summed E-state index contributed by atoms with van der Waals surface area (Å²) in [5.74, 6) is 1.91. The molecule has 0 saturated carbocycles. The van der Waals surface area contributed by atoms with Crippen LogP contribution in [-0.4, -0.2) is 42.9 Å². The highest BCUT2D eigenvalue weighted by Gasteiger charge is 2.21. The number of fused-ring (bicyclic) bond motifs is 2. The molecule has 0 spiro atoms. The molecule has 1 aliphatic rings. The zero-order chi connectivity index (χ0) is 26.5. The number of nitrogens with one attached hydrogen (secondary N) is 2. The maximum absolute atomic E-state index is 8.19. The number of hydrogen-bond acceptors (Lipinski definition) is 6. The Morgan fingerprint density at radius 2 is 1.76 bits per heavy atom. The van der Waals surface area contributed by atoms with Crippen LogP contribution in [-0.2, 0) is 4.74 Å². The maximum atomic E-state index is 8.19. The molecule has 4 aromatic rings. The molecular formula is C32H37N3O3. The lowest BCUT2D eigenvalue weighted by molar-refractivity contribution is 0.193. The van der Waals surface area contributed by atoms with Crippen molar-refractivity contribution in [3.63, 3.8) is 0 Å². The minimum Gasteiger partial charge on any atom is -0.493 e. The molecule has 0 aliphatic carbocycles. The van der Waals surface area contributed by atoms with Gasteiger partial charge in [-0.25, -0.2) is 0 Å². The molecule has 1 aliphatic heterocycles. The minimum absolute atomic E-state index is 0.0724. The third kappa shape index (κ3) is 6.25. The van der Waals surface area contributed by atoms with Crippen LogP contribution in [0.1, 0.15) is 56.8 Å². The van der Waals surface area contributed by atoms with Crippen LogP contribution < -0.4 is 4.74 Å². The van der Waals surface area contributed by atoms with Crippen LogP contribution in [0.5, 0.6) is 5.75 Å². The highest BCUT2D eigenvalue weighted by atomic mass is 16.5. The topological polar surface area (TPSA) is 82.5 Å². The van der Waals surface area contributed by atoms with Crippen molar-refractivity contribution in [1.29, 1.82) is 10.8 Å². The van der Waals surface area contributed by atoms with Crippen LogP contribution in [0, 0.1) is 16.7 Å². The third-order valence-electron chi connectivity index (χ3n) is 7.27. The summed E-state index contributed by atoms with van der Waals surface area (Å²) in [6, 6.07) is 23.0. The fourth-order valence-electron chi connectivity index (χ4n) is 5.28. The van der Waals surface area contributed by atoms with Gasteiger partial charge >= 0.3 is 0 Å². The first-order valence-electron chi connectivity index (χ1n) is 13.7. The Hall–Kier alpha value is -3.64. The van der Waals surface area contributed by atoms with Gasteiger partial charge in [0.1, 0.15) is 11.3 Å². The maximum Gasteiger partial charge on any atom is 0.256 e. The second kappa shape index (κ2) is 11.8. The molecule has 38 heavy (non-hydrogen) atoms. The van der Waals surface area contributed by atoms with E-state index in [4.69, 9.17) is 24.7 Å². The summed E-state index contributed by atoms with van der Waals surface area (Å²) in [6.07, 6.45) is 3.82. The van der Waals surface area contributed by atoms with Crippen molar-refractivity contribution in [3.8, 4) is 5.75 Å². The van der Waals surface area contributed by atoms with Gasteiger partial charge in [0.05, 0.1) is 12.0 Å². The first kappa shape index (κ1) is 26.0. The molecule has 1 fully saturated rings. The van der Waals surface area contributed by atoms with Gasteiger partial charge in [-0.1, -0.05) is 62.4 Å². The molecular weight excluding hydrogens is 474 g/mol. The molecule has 0 amide bonds. The first-order valence-corrected chi connectivity index (χ1v) is 13.7. The van der Waals surface area contributed by atoms with E-state index in [2.05, 4.69) is 47.4 Å². The zero-order valence-electron chi connectivity index (χ0n) is 22.3. The Kier molecular flexibility index (Phi) is 8.08. The van der Waals surface area contributed by atoms with Crippen molar-refractivity contribution in [1.82, 2.24) is 4.90 Å². The Balaban J connectivity index is 1.09. The van der Waals surface area contributed by atoms with Crippen LogP contribution >= 0.6 is 0 Å².